The number of phenols is 1. The van der Waals surface area contributed by atoms with Gasteiger partial charge in [-0.3, -0.25) is 0 Å². The molecular formula is C15H24ClOSi. The van der Waals surface area contributed by atoms with Crippen molar-refractivity contribution >= 4 is 25.6 Å². The van der Waals surface area contributed by atoms with Gasteiger partial charge in [-0.1, -0.05) is 32.5 Å². The molecule has 0 bridgehead atoms. The van der Waals surface area contributed by atoms with Crippen molar-refractivity contribution in [2.24, 2.45) is 0 Å². The fraction of sp³-hybridized carbons (Fsp3) is 0.600. The Bertz CT molecular complexity index is 377. The maximum atomic E-state index is 10.1. The molecule has 1 aromatic rings. The second-order valence-electron chi connectivity index (χ2n) is 4.99. The van der Waals surface area contributed by atoms with Crippen molar-refractivity contribution in [1.29, 1.82) is 0 Å². The second-order valence-corrected chi connectivity index (χ2v) is 7.87. The number of unbranched alkanes of at least 4 members (excludes halogenated alkanes) is 1. The maximum absolute atomic E-state index is 10.1. The highest BCUT2D eigenvalue weighted by Crippen LogP contribution is 2.19. The van der Waals surface area contributed by atoms with E-state index in [-0.39, 0.29) is 0 Å². The van der Waals surface area contributed by atoms with Crippen molar-refractivity contribution in [3.05, 3.63) is 23.3 Å². The summed E-state index contributed by atoms with van der Waals surface area (Å²) in [6.45, 7) is 6.71. The number of aromatic hydroxyl groups is 1. The normalized spacial score (nSPS) is 11.2. The van der Waals surface area contributed by atoms with E-state index >= 15 is 0 Å². The minimum absolute atomic E-state index is 0.495. The minimum Gasteiger partial charge on any atom is -0.508 e. The minimum atomic E-state index is -0.632. The highest BCUT2D eigenvalue weighted by atomic mass is 35.5. The molecule has 0 unspecified atom stereocenters. The largest absolute Gasteiger partial charge is 0.508 e. The molecule has 0 heterocycles. The topological polar surface area (TPSA) is 20.2 Å². The van der Waals surface area contributed by atoms with Gasteiger partial charge in [0.25, 0.3) is 0 Å². The third-order valence-corrected chi connectivity index (χ3v) is 5.07. The fourth-order valence-electron chi connectivity index (χ4n) is 2.37. The van der Waals surface area contributed by atoms with Crippen LogP contribution in [0.3, 0.4) is 0 Å². The first-order valence-corrected chi connectivity index (χ1v) is 9.85. The van der Waals surface area contributed by atoms with Gasteiger partial charge in [-0.25, -0.2) is 0 Å². The van der Waals surface area contributed by atoms with Gasteiger partial charge >= 0.3 is 0 Å². The average Bonchev–Trinajstić information content (AvgIpc) is 2.34. The Morgan fingerprint density at radius 2 is 1.89 bits per heavy atom. The molecule has 0 saturated carbocycles. The smallest absolute Gasteiger partial charge is 0.114 e. The summed E-state index contributed by atoms with van der Waals surface area (Å²) in [5.74, 6) is 1.20. The first kappa shape index (κ1) is 15.6. The molecule has 1 N–H and O–H groups in total. The zero-order valence-electron chi connectivity index (χ0n) is 11.7. The van der Waals surface area contributed by atoms with Crippen LogP contribution >= 0.6 is 11.6 Å². The lowest BCUT2D eigenvalue weighted by Crippen LogP contribution is -2.28. The van der Waals surface area contributed by atoms with Crippen LogP contribution in [-0.2, 0) is 12.8 Å². The van der Waals surface area contributed by atoms with Crippen molar-refractivity contribution in [2.45, 2.75) is 52.1 Å². The molecule has 0 aromatic heterocycles. The quantitative estimate of drug-likeness (QED) is 0.595. The van der Waals surface area contributed by atoms with E-state index in [1.807, 2.05) is 6.07 Å². The molecule has 3 heteroatoms. The summed E-state index contributed by atoms with van der Waals surface area (Å²) in [6.07, 6.45) is 5.53. The summed E-state index contributed by atoms with van der Waals surface area (Å²) in [7, 11) is -0.632. The number of alkyl halides is 1. The van der Waals surface area contributed by atoms with E-state index in [0.717, 1.165) is 19.3 Å². The number of benzene rings is 1. The van der Waals surface area contributed by atoms with Crippen molar-refractivity contribution in [2.75, 3.05) is 5.88 Å². The van der Waals surface area contributed by atoms with E-state index in [2.05, 4.69) is 26.1 Å². The Morgan fingerprint density at radius 3 is 2.44 bits per heavy atom. The monoisotopic (exact) mass is 283 g/mol. The Hall–Kier alpha value is -0.473. The highest BCUT2D eigenvalue weighted by Gasteiger charge is 2.16. The van der Waals surface area contributed by atoms with Crippen LogP contribution in [0.5, 0.6) is 5.75 Å². The van der Waals surface area contributed by atoms with Gasteiger partial charge in [0.2, 0.25) is 0 Å². The summed E-state index contributed by atoms with van der Waals surface area (Å²) in [4.78, 5) is 0. The van der Waals surface area contributed by atoms with Gasteiger partial charge in [-0.05, 0) is 48.1 Å². The third kappa shape index (κ3) is 4.03. The standard InChI is InChI=1S/C15H24ClOSi/c1-4-5-8-13-12(7-6-11-16)9-10-14(17)15(13)18(2)3/h9-10,17H,4-8,11H2,1-3H3. The molecule has 1 aromatic carbocycles. The number of aryl methyl sites for hydroxylation is 1. The van der Waals surface area contributed by atoms with Gasteiger partial charge in [0, 0.05) is 5.88 Å². The first-order chi connectivity index (χ1) is 8.61. The van der Waals surface area contributed by atoms with Gasteiger partial charge in [0.1, 0.15) is 5.75 Å². The second kappa shape index (κ2) is 7.85. The van der Waals surface area contributed by atoms with E-state index in [9.17, 15) is 5.11 Å². The third-order valence-electron chi connectivity index (χ3n) is 3.25. The lowest BCUT2D eigenvalue weighted by molar-refractivity contribution is 0.478. The van der Waals surface area contributed by atoms with E-state index in [0.29, 0.717) is 11.6 Å². The molecule has 1 nitrogen and oxygen atoms in total. The predicted octanol–water partition coefficient (Wildman–Crippen LogP) is 3.87. The van der Waals surface area contributed by atoms with Crippen LogP contribution in [0, 0.1) is 0 Å². The van der Waals surface area contributed by atoms with Crippen molar-refractivity contribution < 1.29 is 5.11 Å². The Kier molecular flexibility index (Phi) is 6.80. The molecular weight excluding hydrogens is 260 g/mol. The molecule has 0 saturated heterocycles. The Morgan fingerprint density at radius 1 is 1.17 bits per heavy atom. The lowest BCUT2D eigenvalue weighted by Gasteiger charge is -2.18. The van der Waals surface area contributed by atoms with E-state index < -0.39 is 8.80 Å². The molecule has 18 heavy (non-hydrogen) atoms. The van der Waals surface area contributed by atoms with Crippen molar-refractivity contribution in [1.82, 2.24) is 0 Å². The number of hydrogen-bond donors (Lipinski definition) is 1. The molecule has 101 valence electrons. The molecule has 0 fully saturated rings. The molecule has 1 rings (SSSR count). The number of phenolic OH excluding ortho intramolecular Hbond substituents is 1. The number of halogens is 1. The SMILES string of the molecule is CCCCc1c(CCCCl)ccc(O)c1[Si](C)C. The van der Waals surface area contributed by atoms with Gasteiger partial charge in [0.15, 0.2) is 0 Å². The van der Waals surface area contributed by atoms with E-state index in [1.54, 1.807) is 0 Å². The zero-order chi connectivity index (χ0) is 13.5. The molecule has 0 aliphatic heterocycles. The van der Waals surface area contributed by atoms with Gasteiger partial charge in [0.05, 0.1) is 8.80 Å². The van der Waals surface area contributed by atoms with Crippen LogP contribution in [-0.4, -0.2) is 19.8 Å². The summed E-state index contributed by atoms with van der Waals surface area (Å²) in [5.41, 5.74) is 2.80. The van der Waals surface area contributed by atoms with Crippen LogP contribution in [0.2, 0.25) is 13.1 Å². The predicted molar refractivity (Wildman–Crippen MR) is 82.9 cm³/mol. The average molecular weight is 284 g/mol. The zero-order valence-corrected chi connectivity index (χ0v) is 13.5. The van der Waals surface area contributed by atoms with E-state index in [1.165, 1.54) is 29.2 Å². The molecule has 0 spiro atoms. The summed E-state index contributed by atoms with van der Waals surface area (Å²) in [5, 5.41) is 11.3. The summed E-state index contributed by atoms with van der Waals surface area (Å²) in [6, 6.07) is 3.95. The molecule has 0 atom stereocenters. The van der Waals surface area contributed by atoms with Crippen LogP contribution < -0.4 is 5.19 Å². The van der Waals surface area contributed by atoms with Crippen LogP contribution in [0.15, 0.2) is 12.1 Å². The Balaban J connectivity index is 3.11. The fourth-order valence-corrected chi connectivity index (χ4v) is 3.99. The van der Waals surface area contributed by atoms with E-state index in [4.69, 9.17) is 11.6 Å². The highest BCUT2D eigenvalue weighted by molar-refractivity contribution is 6.72. The number of hydrogen-bond acceptors (Lipinski definition) is 1. The van der Waals surface area contributed by atoms with Crippen molar-refractivity contribution in [3.8, 4) is 5.75 Å². The van der Waals surface area contributed by atoms with Crippen LogP contribution in [0.25, 0.3) is 0 Å². The summed E-state index contributed by atoms with van der Waals surface area (Å²) < 4.78 is 0. The van der Waals surface area contributed by atoms with Gasteiger partial charge < -0.3 is 5.11 Å². The first-order valence-electron chi connectivity index (χ1n) is 6.82. The molecule has 1 radical (unpaired) electrons. The van der Waals surface area contributed by atoms with Gasteiger partial charge in [-0.15, -0.1) is 11.6 Å². The molecule has 0 aliphatic rings. The van der Waals surface area contributed by atoms with Gasteiger partial charge in [-0.2, -0.15) is 0 Å². The summed E-state index contributed by atoms with van der Waals surface area (Å²) >= 11 is 5.80. The molecule has 0 aliphatic carbocycles. The van der Waals surface area contributed by atoms with Crippen LogP contribution in [0.4, 0.5) is 0 Å². The molecule has 0 amide bonds. The van der Waals surface area contributed by atoms with Crippen LogP contribution in [0.1, 0.15) is 37.3 Å². The Labute approximate surface area is 118 Å². The lowest BCUT2D eigenvalue weighted by atomic mass is 9.98. The maximum Gasteiger partial charge on any atom is 0.114 e. The van der Waals surface area contributed by atoms with Crippen molar-refractivity contribution in [3.63, 3.8) is 0 Å². The number of rotatable bonds is 7.